The fraction of sp³-hybridized carbons (Fsp3) is 0.150. The molecular weight excluding hydrogens is 501 g/mol. The van der Waals surface area contributed by atoms with E-state index in [-0.39, 0.29) is 17.7 Å². The first-order valence-electron chi connectivity index (χ1n) is 8.90. The number of amidine groups is 1. The van der Waals surface area contributed by atoms with Crippen molar-refractivity contribution in [3.05, 3.63) is 80.6 Å². The number of amides is 1. The number of carbonyl (C=O) groups excluding carboxylic acids is 1. The van der Waals surface area contributed by atoms with Gasteiger partial charge in [-0.25, -0.2) is 4.99 Å². The van der Waals surface area contributed by atoms with E-state index in [0.717, 1.165) is 14.7 Å². The summed E-state index contributed by atoms with van der Waals surface area (Å²) in [4.78, 5) is 28.0. The van der Waals surface area contributed by atoms with E-state index in [2.05, 4.69) is 15.6 Å². The average molecular weight is 522 g/mol. The molecule has 10 heteroatoms. The number of benzene rings is 2. The van der Waals surface area contributed by atoms with Gasteiger partial charge in [0.2, 0.25) is 6.35 Å². The van der Waals surface area contributed by atoms with Crippen molar-refractivity contribution in [2.75, 3.05) is 0 Å². The molecule has 9 nitrogen and oxygen atoms in total. The third kappa shape index (κ3) is 5.78. The number of rotatable bonds is 8. The van der Waals surface area contributed by atoms with Crippen LogP contribution in [0.25, 0.3) is 0 Å². The number of nitrogens with two attached hydrogens (primary N) is 2. The SMILES string of the molecule is N[I-]c1ccc(C(=O)NCc2ccc(COC3N=C(N)C=CN3)cc2)c(C(=O)O)c1. The van der Waals surface area contributed by atoms with E-state index in [0.29, 0.717) is 12.4 Å². The average Bonchev–Trinajstić information content (AvgIpc) is 2.76. The first-order chi connectivity index (χ1) is 14.5. The Morgan fingerprint density at radius 3 is 2.57 bits per heavy atom. The molecule has 1 amide bonds. The van der Waals surface area contributed by atoms with Gasteiger partial charge in [-0.05, 0) is 6.08 Å². The van der Waals surface area contributed by atoms with Crippen LogP contribution in [0.15, 0.2) is 59.7 Å². The van der Waals surface area contributed by atoms with Crippen LogP contribution in [-0.2, 0) is 17.9 Å². The second kappa shape index (κ2) is 10.2. The Morgan fingerprint density at radius 1 is 1.17 bits per heavy atom. The summed E-state index contributed by atoms with van der Waals surface area (Å²) in [5.74, 6) is -1.21. The van der Waals surface area contributed by atoms with Crippen LogP contribution in [0, 0.1) is 3.57 Å². The molecule has 3 rings (SSSR count). The van der Waals surface area contributed by atoms with E-state index in [4.69, 9.17) is 14.4 Å². The number of halogens is 1. The monoisotopic (exact) mass is 522 g/mol. The molecule has 0 fully saturated rings. The van der Waals surface area contributed by atoms with Gasteiger partial charge in [0.15, 0.2) is 0 Å². The minimum atomic E-state index is -1.15. The van der Waals surface area contributed by atoms with E-state index in [1.54, 1.807) is 18.3 Å². The number of aliphatic imine (C=N–C) groups is 1. The zero-order chi connectivity index (χ0) is 21.5. The molecule has 0 aliphatic carbocycles. The maximum atomic E-state index is 12.5. The molecule has 0 bridgehead atoms. The standard InChI is InChI=1S/C20H21IN5O4/c22-17-7-8-24-20(26-17)30-11-13-3-1-12(2-4-13)10-25-18(27)15-6-5-14(21-23)9-16(15)19(28)29/h1-9,20,24H,10-11,23H2,(H2,22,26)(H,25,27)(H,28,29)/q-1. The van der Waals surface area contributed by atoms with Crippen molar-refractivity contribution < 1.29 is 40.9 Å². The number of ether oxygens (including phenoxy) is 1. The Kier molecular flexibility index (Phi) is 7.38. The van der Waals surface area contributed by atoms with Crippen LogP contribution >= 0.6 is 0 Å². The summed E-state index contributed by atoms with van der Waals surface area (Å²) in [5.41, 5.74) is 7.50. The first kappa shape index (κ1) is 21.7. The molecule has 2 aromatic rings. The van der Waals surface area contributed by atoms with E-state index in [9.17, 15) is 14.7 Å². The molecule has 30 heavy (non-hydrogen) atoms. The molecule has 0 saturated heterocycles. The van der Waals surface area contributed by atoms with Gasteiger partial charge >= 0.3 is 139 Å². The number of carboxylic acids is 1. The molecular formula is C20H21IN5O4-. The van der Waals surface area contributed by atoms with Crippen LogP contribution < -0.4 is 41.8 Å². The Bertz CT molecular complexity index is 991. The van der Waals surface area contributed by atoms with Gasteiger partial charge in [0.25, 0.3) is 0 Å². The van der Waals surface area contributed by atoms with E-state index in [1.165, 1.54) is 12.1 Å². The number of hydrogen-bond donors (Lipinski definition) is 5. The third-order valence-electron chi connectivity index (χ3n) is 4.23. The van der Waals surface area contributed by atoms with Crippen molar-refractivity contribution in [2.24, 2.45) is 14.7 Å². The zero-order valence-electron chi connectivity index (χ0n) is 15.8. The normalized spacial score (nSPS) is 15.4. The van der Waals surface area contributed by atoms with E-state index in [1.807, 2.05) is 24.3 Å². The number of nitrogens with one attached hydrogen (secondary N) is 2. The first-order valence-corrected chi connectivity index (χ1v) is 11.2. The second-order valence-corrected chi connectivity index (χ2v) is 8.19. The molecule has 1 aliphatic rings. The van der Waals surface area contributed by atoms with Gasteiger partial charge in [0, 0.05) is 6.20 Å². The van der Waals surface area contributed by atoms with Crippen molar-refractivity contribution in [1.82, 2.24) is 10.6 Å². The summed E-state index contributed by atoms with van der Waals surface area (Å²) >= 11 is -0.750. The van der Waals surface area contributed by atoms with Crippen molar-refractivity contribution in [3.63, 3.8) is 0 Å². The Morgan fingerprint density at radius 2 is 1.90 bits per heavy atom. The van der Waals surface area contributed by atoms with Crippen LogP contribution in [0.2, 0.25) is 0 Å². The molecule has 0 saturated carbocycles. The van der Waals surface area contributed by atoms with Gasteiger partial charge in [-0.3, -0.25) is 0 Å². The van der Waals surface area contributed by atoms with Gasteiger partial charge < -0.3 is 15.8 Å². The molecule has 1 unspecified atom stereocenters. The summed E-state index contributed by atoms with van der Waals surface area (Å²) < 4.78 is 12.0. The van der Waals surface area contributed by atoms with Crippen molar-refractivity contribution >= 4 is 17.7 Å². The number of nitrogens with zero attached hydrogens (tertiary/aromatic N) is 1. The molecule has 0 aromatic heterocycles. The molecule has 0 spiro atoms. The fourth-order valence-corrected chi connectivity index (χ4v) is 3.56. The summed E-state index contributed by atoms with van der Waals surface area (Å²) in [6.07, 6.45) is 2.81. The van der Waals surface area contributed by atoms with Crippen molar-refractivity contribution in [1.29, 1.82) is 0 Å². The van der Waals surface area contributed by atoms with Crippen LogP contribution in [0.3, 0.4) is 0 Å². The number of aromatic carboxylic acids is 1. The molecule has 1 aliphatic heterocycles. The Hall–Kier alpha value is -2.96. The fourth-order valence-electron chi connectivity index (χ4n) is 2.68. The molecule has 158 valence electrons. The molecule has 7 N–H and O–H groups in total. The second-order valence-electron chi connectivity index (χ2n) is 6.32. The number of carboxylic acid groups (broad SMARTS) is 1. The summed E-state index contributed by atoms with van der Waals surface area (Å²) in [7, 11) is 0. The van der Waals surface area contributed by atoms with Crippen molar-refractivity contribution in [2.45, 2.75) is 19.5 Å². The van der Waals surface area contributed by atoms with Crippen LogP contribution in [-0.4, -0.2) is 29.2 Å². The summed E-state index contributed by atoms with van der Waals surface area (Å²) in [6, 6.07) is 12.2. The number of hydrogen-bond acceptors (Lipinski definition) is 7. The van der Waals surface area contributed by atoms with Crippen molar-refractivity contribution in [3.8, 4) is 0 Å². The van der Waals surface area contributed by atoms with Crippen LogP contribution in [0.1, 0.15) is 31.8 Å². The predicted molar refractivity (Wildman–Crippen MR) is 106 cm³/mol. The minimum absolute atomic E-state index is 0.0443. The van der Waals surface area contributed by atoms with Gasteiger partial charge in [-0.15, -0.1) is 0 Å². The van der Waals surface area contributed by atoms with Crippen LogP contribution in [0.5, 0.6) is 0 Å². The van der Waals surface area contributed by atoms with Crippen LogP contribution in [0.4, 0.5) is 0 Å². The molecule has 1 atom stereocenters. The van der Waals surface area contributed by atoms with Gasteiger partial charge in [0.05, 0.1) is 0 Å². The molecule has 0 radical (unpaired) electrons. The summed E-state index contributed by atoms with van der Waals surface area (Å²) in [6.45, 7) is 0.605. The predicted octanol–water partition coefficient (Wildman–Crippen LogP) is -2.28. The summed E-state index contributed by atoms with van der Waals surface area (Å²) in [5, 5.41) is 15.1. The van der Waals surface area contributed by atoms with Gasteiger partial charge in [-0.2, -0.15) is 0 Å². The van der Waals surface area contributed by atoms with Gasteiger partial charge in [-0.1, -0.05) is 0 Å². The van der Waals surface area contributed by atoms with E-state index >= 15 is 0 Å². The topological polar surface area (TPSA) is 152 Å². The third-order valence-corrected chi connectivity index (χ3v) is 5.62. The Balaban J connectivity index is 1.55. The quantitative estimate of drug-likeness (QED) is 0.194. The molecule has 1 heterocycles. The Labute approximate surface area is 183 Å². The van der Waals surface area contributed by atoms with E-state index < -0.39 is 39.7 Å². The molecule has 2 aromatic carbocycles. The maximum absolute atomic E-state index is 12.5. The number of carbonyl (C=O) groups is 2. The van der Waals surface area contributed by atoms with Gasteiger partial charge in [0.1, 0.15) is 5.84 Å². The zero-order valence-corrected chi connectivity index (χ0v) is 18.0.